The molecule has 1 fully saturated rings. The van der Waals surface area contributed by atoms with Gasteiger partial charge in [-0.3, -0.25) is 0 Å². The fourth-order valence-electron chi connectivity index (χ4n) is 6.13. The van der Waals surface area contributed by atoms with Gasteiger partial charge < -0.3 is 20.1 Å². The molecule has 8 nitrogen and oxygen atoms in total. The highest BCUT2D eigenvalue weighted by molar-refractivity contribution is 6.17. The Morgan fingerprint density at radius 2 is 2.08 bits per heavy atom. The van der Waals surface area contributed by atoms with Crippen LogP contribution in [0.25, 0.3) is 0 Å². The molecule has 0 bridgehead atoms. The molecule has 1 amide bonds. The maximum absolute atomic E-state index is 14.0. The number of rotatable bonds is 4. The van der Waals surface area contributed by atoms with Crippen molar-refractivity contribution in [2.45, 2.75) is 62.6 Å². The second-order valence-corrected chi connectivity index (χ2v) is 10.6. The summed E-state index contributed by atoms with van der Waals surface area (Å²) < 4.78 is 64.9. The van der Waals surface area contributed by atoms with Crippen LogP contribution in [0.1, 0.15) is 53.0 Å². The van der Waals surface area contributed by atoms with Gasteiger partial charge >= 0.3 is 12.5 Å². The number of alkyl halides is 4. The number of nitrogens with zero attached hydrogens (tertiary/aromatic N) is 4. The molecule has 6 rings (SSSR count). The van der Waals surface area contributed by atoms with E-state index >= 15 is 0 Å². The van der Waals surface area contributed by atoms with E-state index in [4.69, 9.17) is 10.5 Å². The van der Waals surface area contributed by atoms with Crippen molar-refractivity contribution in [1.82, 2.24) is 9.88 Å². The summed E-state index contributed by atoms with van der Waals surface area (Å²) in [5, 5.41) is -1.11. The summed E-state index contributed by atoms with van der Waals surface area (Å²) in [5.74, 6) is -0.388. The van der Waals surface area contributed by atoms with Crippen LogP contribution in [0.5, 0.6) is 5.75 Å². The molecule has 2 N–H and O–H groups in total. The number of benzene rings is 1. The molecular formula is C25H23F4N5O3Si+. The molecule has 0 spiro atoms. The van der Waals surface area contributed by atoms with Crippen LogP contribution < -0.4 is 10.5 Å². The number of amides is 1. The summed E-state index contributed by atoms with van der Waals surface area (Å²) in [5.41, 5.74) is 9.20. The van der Waals surface area contributed by atoms with E-state index in [-0.39, 0.29) is 30.4 Å². The highest BCUT2D eigenvalue weighted by Gasteiger charge is 2.58. The number of guanidine groups is 1. The largest absolute Gasteiger partial charge is 0.438 e. The van der Waals surface area contributed by atoms with Crippen LogP contribution in [-0.4, -0.2) is 74.1 Å². The third-order valence-electron chi connectivity index (χ3n) is 7.73. The van der Waals surface area contributed by atoms with Crippen molar-refractivity contribution < 1.29 is 36.4 Å². The summed E-state index contributed by atoms with van der Waals surface area (Å²) in [6, 6.07) is 4.71. The number of nitrogens with two attached hydrogens (primary N) is 1. The Hall–Kier alpha value is -3.32. The molecule has 13 heteroatoms. The van der Waals surface area contributed by atoms with Gasteiger partial charge in [0.1, 0.15) is 28.7 Å². The van der Waals surface area contributed by atoms with E-state index in [1.165, 1.54) is 23.2 Å². The molecular weight excluding hydrogens is 522 g/mol. The Labute approximate surface area is 218 Å². The third-order valence-corrected chi connectivity index (χ3v) is 8.54. The number of hydrogen-bond donors (Lipinski definition) is 1. The van der Waals surface area contributed by atoms with Crippen LogP contribution >= 0.6 is 0 Å². The van der Waals surface area contributed by atoms with E-state index in [1.54, 1.807) is 23.6 Å². The van der Waals surface area contributed by atoms with Gasteiger partial charge in [0.2, 0.25) is 0 Å². The topological polar surface area (TPSA) is 93.0 Å². The number of pyridine rings is 1. The second kappa shape index (κ2) is 8.87. The minimum atomic E-state index is -2.96. The molecule has 0 saturated carbocycles. The molecule has 1 aromatic carbocycles. The first kappa shape index (κ1) is 25.0. The lowest BCUT2D eigenvalue weighted by Gasteiger charge is -2.35. The molecule has 1 aliphatic carbocycles. The van der Waals surface area contributed by atoms with Crippen LogP contribution in [0, 0.1) is 0 Å². The van der Waals surface area contributed by atoms with Crippen LogP contribution in [0.3, 0.4) is 0 Å². The molecule has 3 radical (unpaired) electrons. The van der Waals surface area contributed by atoms with Gasteiger partial charge in [0, 0.05) is 24.5 Å². The SMILES string of the molecule is CC1=[N+](C(=O)c2cc3c(cn2)N=C(N)N2[C@@H]3CC[C@@H]2C(F)F)[C@@]2([Si])c3ccc(OC(F)F)cc3C[C@H]2OC1. The summed E-state index contributed by atoms with van der Waals surface area (Å²) in [6.07, 6.45) is -0.579. The normalized spacial score (nSPS) is 27.7. The van der Waals surface area contributed by atoms with Gasteiger partial charge in [-0.05, 0) is 42.7 Å². The van der Waals surface area contributed by atoms with Crippen molar-refractivity contribution in [1.29, 1.82) is 0 Å². The van der Waals surface area contributed by atoms with E-state index in [2.05, 4.69) is 25.0 Å². The van der Waals surface area contributed by atoms with Gasteiger partial charge in [-0.25, -0.2) is 23.6 Å². The van der Waals surface area contributed by atoms with Crippen molar-refractivity contribution in [2.75, 3.05) is 6.61 Å². The molecule has 197 valence electrons. The first-order valence-electron chi connectivity index (χ1n) is 12.1. The van der Waals surface area contributed by atoms with Crippen molar-refractivity contribution in [3.05, 3.63) is 52.8 Å². The Bertz CT molecular complexity index is 1400. The zero-order valence-corrected chi connectivity index (χ0v) is 21.2. The van der Waals surface area contributed by atoms with Crippen molar-refractivity contribution in [3.63, 3.8) is 0 Å². The predicted octanol–water partition coefficient (Wildman–Crippen LogP) is 3.00. The van der Waals surface area contributed by atoms with E-state index in [1.807, 2.05) is 0 Å². The predicted molar refractivity (Wildman–Crippen MR) is 128 cm³/mol. The summed E-state index contributed by atoms with van der Waals surface area (Å²) in [4.78, 5) is 24.1. The molecule has 4 heterocycles. The van der Waals surface area contributed by atoms with Crippen LogP contribution in [0.4, 0.5) is 23.2 Å². The average Bonchev–Trinajstić information content (AvgIpc) is 3.43. The number of ether oxygens (including phenoxy) is 2. The van der Waals surface area contributed by atoms with Crippen molar-refractivity contribution >= 4 is 33.5 Å². The molecule has 4 atom stereocenters. The third kappa shape index (κ3) is 3.66. The summed E-state index contributed by atoms with van der Waals surface area (Å²) in [7, 11) is 3.84. The van der Waals surface area contributed by atoms with Crippen molar-refractivity contribution in [3.8, 4) is 5.75 Å². The van der Waals surface area contributed by atoms with E-state index in [0.717, 1.165) is 0 Å². The fraction of sp³-hybridized carbons (Fsp3) is 0.440. The molecule has 4 aliphatic rings. The monoisotopic (exact) mass is 545 g/mol. The van der Waals surface area contributed by atoms with Gasteiger partial charge in [-0.15, -0.1) is 0 Å². The summed E-state index contributed by atoms with van der Waals surface area (Å²) in [6.45, 7) is -1.02. The highest BCUT2D eigenvalue weighted by Crippen LogP contribution is 2.46. The first-order valence-corrected chi connectivity index (χ1v) is 12.6. The lowest BCUT2D eigenvalue weighted by molar-refractivity contribution is -0.526. The van der Waals surface area contributed by atoms with Gasteiger partial charge in [0.15, 0.2) is 22.5 Å². The Kier molecular flexibility index (Phi) is 5.83. The Morgan fingerprint density at radius 1 is 1.29 bits per heavy atom. The second-order valence-electron chi connectivity index (χ2n) is 9.84. The van der Waals surface area contributed by atoms with Gasteiger partial charge in [0.25, 0.3) is 6.43 Å². The minimum Gasteiger partial charge on any atom is -0.435 e. The molecule has 2 aromatic rings. The van der Waals surface area contributed by atoms with Crippen LogP contribution in [-0.2, 0) is 16.3 Å². The Morgan fingerprint density at radius 3 is 2.82 bits per heavy atom. The number of fused-ring (bicyclic) bond motifs is 6. The Balaban J connectivity index is 1.39. The van der Waals surface area contributed by atoms with E-state index in [9.17, 15) is 22.4 Å². The van der Waals surface area contributed by atoms with Crippen molar-refractivity contribution in [2.24, 2.45) is 10.7 Å². The zero-order chi connectivity index (χ0) is 26.9. The van der Waals surface area contributed by atoms with E-state index < -0.39 is 42.3 Å². The molecule has 38 heavy (non-hydrogen) atoms. The number of hydrogen-bond acceptors (Lipinski definition) is 7. The number of carbonyl (C=O) groups excluding carboxylic acids is 1. The smallest absolute Gasteiger partial charge is 0.435 e. The average molecular weight is 546 g/mol. The minimum absolute atomic E-state index is 0.0169. The lowest BCUT2D eigenvalue weighted by Crippen LogP contribution is -2.57. The van der Waals surface area contributed by atoms with Crippen LogP contribution in [0.2, 0.25) is 0 Å². The van der Waals surface area contributed by atoms with E-state index in [0.29, 0.717) is 40.9 Å². The standard InChI is InChI=1S/C25H22F4N5O3Si/c1-11-10-36-20-7-12-6-13(37-23(28)29)2-3-15(12)25(20,38)34(11)22(35)16-8-14-17(9-31-16)32-24(30)33-18(14)4-5-19(33)21(26)27/h2-3,6,8-9,18-21,23H,4-5,7,10H2,1H3,(H-,30,32,35)/p+1/t18-,19-,20-,25-/m1/s1. The summed E-state index contributed by atoms with van der Waals surface area (Å²) >= 11 is 0. The maximum Gasteiger partial charge on any atom is 0.438 e. The first-order chi connectivity index (χ1) is 18.1. The quantitative estimate of drug-likeness (QED) is 0.361. The molecule has 3 aliphatic heterocycles. The number of aliphatic imine (C=N–C) groups is 1. The fourth-order valence-corrected chi connectivity index (χ4v) is 6.85. The number of aromatic nitrogens is 1. The molecule has 1 saturated heterocycles. The van der Waals surface area contributed by atoms with Gasteiger partial charge in [-0.2, -0.15) is 13.4 Å². The molecule has 1 aromatic heterocycles. The number of carbonyl (C=O) groups is 1. The zero-order valence-electron chi connectivity index (χ0n) is 20.2. The maximum atomic E-state index is 14.0. The lowest BCUT2D eigenvalue weighted by atomic mass is 10.0. The number of halogens is 4. The van der Waals surface area contributed by atoms with Gasteiger partial charge in [-0.1, -0.05) is 0 Å². The molecule has 0 unspecified atom stereocenters. The van der Waals surface area contributed by atoms with Crippen LogP contribution in [0.15, 0.2) is 35.5 Å². The van der Waals surface area contributed by atoms with Gasteiger partial charge in [0.05, 0.1) is 24.0 Å². The highest BCUT2D eigenvalue weighted by atomic mass is 28.1.